The van der Waals surface area contributed by atoms with Crippen LogP contribution in [0.25, 0.3) is 0 Å². The minimum Gasteiger partial charge on any atom is -0.399 e. The molecule has 214 valence electrons. The molecule has 0 bridgehead atoms. The third kappa shape index (κ3) is 7.50. The summed E-state index contributed by atoms with van der Waals surface area (Å²) in [4.78, 5) is 0. The molecule has 0 spiro atoms. The molecule has 5 aromatic carbocycles. The van der Waals surface area contributed by atoms with Gasteiger partial charge in [-0.1, -0.05) is 124 Å². The van der Waals surface area contributed by atoms with Crippen LogP contribution < -0.4 is 11.5 Å². The normalized spacial score (nSPS) is 12.6. The molecule has 4 N–H and O–H groups in total. The summed E-state index contributed by atoms with van der Waals surface area (Å²) in [6.45, 7) is 4.51. The average Bonchev–Trinajstić information content (AvgIpc) is 3.02. The highest BCUT2D eigenvalue weighted by Gasteiger charge is 2.15. The molecule has 0 amide bonds. The van der Waals surface area contributed by atoms with Gasteiger partial charge in [0.1, 0.15) is 0 Å². The van der Waals surface area contributed by atoms with Gasteiger partial charge in [0.2, 0.25) is 0 Å². The molecule has 0 aliphatic heterocycles. The Labute approximate surface area is 252 Å². The van der Waals surface area contributed by atoms with Gasteiger partial charge in [-0.3, -0.25) is 0 Å². The van der Waals surface area contributed by atoms with Gasteiger partial charge < -0.3 is 11.5 Å². The summed E-state index contributed by atoms with van der Waals surface area (Å²) in [7, 11) is 0. The van der Waals surface area contributed by atoms with Crippen LogP contribution in [0.4, 0.5) is 11.4 Å². The molecule has 2 atom stereocenters. The lowest BCUT2D eigenvalue weighted by Crippen LogP contribution is -2.02. The van der Waals surface area contributed by atoms with E-state index in [0.717, 1.165) is 49.9 Å². The Morgan fingerprint density at radius 2 is 0.619 bits per heavy atom. The van der Waals surface area contributed by atoms with E-state index < -0.39 is 0 Å². The van der Waals surface area contributed by atoms with Crippen LogP contribution in [0.3, 0.4) is 0 Å². The second-order valence-electron chi connectivity index (χ2n) is 11.7. The molecule has 2 nitrogen and oxygen atoms in total. The Kier molecular flexibility index (Phi) is 9.77. The Morgan fingerprint density at radius 1 is 0.381 bits per heavy atom. The molecule has 5 aromatic rings. The third-order valence-corrected chi connectivity index (χ3v) is 8.44. The highest BCUT2D eigenvalue weighted by molar-refractivity contribution is 5.45. The van der Waals surface area contributed by atoms with E-state index in [9.17, 15) is 0 Å². The predicted octanol–water partition coefficient (Wildman–Crippen LogP) is 9.90. The van der Waals surface area contributed by atoms with E-state index in [0.29, 0.717) is 11.8 Å². The van der Waals surface area contributed by atoms with Crippen molar-refractivity contribution in [2.24, 2.45) is 0 Å². The lowest BCUT2D eigenvalue weighted by Gasteiger charge is -2.18. The summed E-state index contributed by atoms with van der Waals surface area (Å²) in [5, 5.41) is 0. The molecular formula is C40H44N2. The summed E-state index contributed by atoms with van der Waals surface area (Å²) in [6.07, 6.45) is 6.45. The molecule has 0 aliphatic rings. The van der Waals surface area contributed by atoms with Gasteiger partial charge >= 0.3 is 0 Å². The zero-order valence-electron chi connectivity index (χ0n) is 25.1. The summed E-state index contributed by atoms with van der Waals surface area (Å²) in [6, 6.07) is 44.3. The van der Waals surface area contributed by atoms with Gasteiger partial charge in [0.25, 0.3) is 0 Å². The fourth-order valence-electron chi connectivity index (χ4n) is 6.07. The van der Waals surface area contributed by atoms with Crippen LogP contribution >= 0.6 is 0 Å². The Hall–Kier alpha value is -4.30. The van der Waals surface area contributed by atoms with E-state index >= 15 is 0 Å². The van der Waals surface area contributed by atoms with E-state index in [2.05, 4.69) is 111 Å². The van der Waals surface area contributed by atoms with Gasteiger partial charge in [0.05, 0.1) is 0 Å². The molecule has 0 fully saturated rings. The quantitative estimate of drug-likeness (QED) is 0.151. The molecule has 0 aliphatic carbocycles. The smallest absolute Gasteiger partial charge is 0.0314 e. The van der Waals surface area contributed by atoms with Crippen molar-refractivity contribution in [2.45, 2.75) is 64.2 Å². The highest BCUT2D eigenvalue weighted by Crippen LogP contribution is 2.31. The first kappa shape index (κ1) is 29.2. The topological polar surface area (TPSA) is 52.0 Å². The van der Waals surface area contributed by atoms with E-state index in [1.165, 1.54) is 44.5 Å². The van der Waals surface area contributed by atoms with Gasteiger partial charge in [-0.25, -0.2) is 0 Å². The number of hydrogen-bond acceptors (Lipinski definition) is 2. The zero-order chi connectivity index (χ0) is 29.3. The summed E-state index contributed by atoms with van der Waals surface area (Å²) in [5.74, 6) is 0.821. The maximum Gasteiger partial charge on any atom is 0.0314 e. The maximum atomic E-state index is 5.92. The standard InChI is InChI=1S/C40H44N2/c1-3-5-39(35-19-23-37(41)24-20-35)33-15-11-31(12-16-33)27-29-7-9-30(10-8-29)28-32-13-17-34(18-14-32)40(6-4-2)36-21-25-38(42)26-22-36/h7-26,39-40H,3-6,27-28,41-42H2,1-2H3. The molecule has 0 aromatic heterocycles. The molecule has 0 saturated carbocycles. The fourth-order valence-corrected chi connectivity index (χ4v) is 6.07. The maximum absolute atomic E-state index is 5.92. The molecule has 42 heavy (non-hydrogen) atoms. The number of nitrogens with two attached hydrogens (primary N) is 2. The van der Waals surface area contributed by atoms with Crippen LogP contribution in [-0.2, 0) is 12.8 Å². The molecule has 0 saturated heterocycles. The minimum atomic E-state index is 0.410. The van der Waals surface area contributed by atoms with E-state index in [-0.39, 0.29) is 0 Å². The van der Waals surface area contributed by atoms with Crippen LogP contribution in [-0.4, -0.2) is 0 Å². The SMILES string of the molecule is CCCC(c1ccc(N)cc1)c1ccc(Cc2ccc(Cc3ccc(C(CCC)c4ccc(N)cc4)cc3)cc2)cc1. The number of rotatable bonds is 12. The summed E-state index contributed by atoms with van der Waals surface area (Å²) >= 11 is 0. The predicted molar refractivity (Wildman–Crippen MR) is 180 cm³/mol. The number of hydrogen-bond donors (Lipinski definition) is 2. The first-order chi connectivity index (χ1) is 20.5. The van der Waals surface area contributed by atoms with Gasteiger partial charge in [-0.2, -0.15) is 0 Å². The van der Waals surface area contributed by atoms with E-state index in [1.54, 1.807) is 0 Å². The fraction of sp³-hybridized carbons (Fsp3) is 0.250. The monoisotopic (exact) mass is 552 g/mol. The van der Waals surface area contributed by atoms with Crippen molar-refractivity contribution in [2.75, 3.05) is 11.5 Å². The van der Waals surface area contributed by atoms with Crippen LogP contribution in [0.1, 0.15) is 95.9 Å². The molecule has 0 heterocycles. The summed E-state index contributed by atoms with van der Waals surface area (Å²) in [5.41, 5.74) is 24.3. The van der Waals surface area contributed by atoms with Crippen molar-refractivity contribution in [1.82, 2.24) is 0 Å². The second-order valence-corrected chi connectivity index (χ2v) is 11.7. The first-order valence-corrected chi connectivity index (χ1v) is 15.5. The lowest BCUT2D eigenvalue weighted by atomic mass is 9.86. The van der Waals surface area contributed by atoms with Gasteiger partial charge in [0, 0.05) is 23.2 Å². The third-order valence-electron chi connectivity index (χ3n) is 8.44. The molecule has 2 unspecified atom stereocenters. The van der Waals surface area contributed by atoms with Crippen LogP contribution in [0.5, 0.6) is 0 Å². The number of nitrogen functional groups attached to an aromatic ring is 2. The van der Waals surface area contributed by atoms with Crippen LogP contribution in [0.15, 0.2) is 121 Å². The van der Waals surface area contributed by atoms with E-state index in [1.807, 2.05) is 24.3 Å². The highest BCUT2D eigenvalue weighted by atomic mass is 14.5. The van der Waals surface area contributed by atoms with E-state index in [4.69, 9.17) is 11.5 Å². The van der Waals surface area contributed by atoms with Crippen molar-refractivity contribution in [3.63, 3.8) is 0 Å². The molecule has 0 radical (unpaired) electrons. The number of anilines is 2. The van der Waals surface area contributed by atoms with Gasteiger partial charge in [0.15, 0.2) is 0 Å². The molecule has 5 rings (SSSR count). The van der Waals surface area contributed by atoms with Gasteiger partial charge in [-0.05, 0) is 94.5 Å². The average molecular weight is 553 g/mol. The first-order valence-electron chi connectivity index (χ1n) is 15.5. The molecule has 2 heteroatoms. The van der Waals surface area contributed by atoms with Crippen molar-refractivity contribution in [3.8, 4) is 0 Å². The Balaban J connectivity index is 1.21. The Bertz CT molecular complexity index is 1390. The van der Waals surface area contributed by atoms with Crippen molar-refractivity contribution in [3.05, 3.63) is 166 Å². The van der Waals surface area contributed by atoms with Crippen LogP contribution in [0, 0.1) is 0 Å². The summed E-state index contributed by atoms with van der Waals surface area (Å²) < 4.78 is 0. The largest absolute Gasteiger partial charge is 0.399 e. The minimum absolute atomic E-state index is 0.410. The van der Waals surface area contributed by atoms with Crippen LogP contribution in [0.2, 0.25) is 0 Å². The number of benzene rings is 5. The second kappa shape index (κ2) is 14.0. The van der Waals surface area contributed by atoms with Crippen molar-refractivity contribution < 1.29 is 0 Å². The zero-order valence-corrected chi connectivity index (χ0v) is 25.1. The van der Waals surface area contributed by atoms with Crippen molar-refractivity contribution >= 4 is 11.4 Å². The van der Waals surface area contributed by atoms with Crippen molar-refractivity contribution in [1.29, 1.82) is 0 Å². The molecular weight excluding hydrogens is 508 g/mol. The Morgan fingerprint density at radius 3 is 0.881 bits per heavy atom. The lowest BCUT2D eigenvalue weighted by molar-refractivity contribution is 0.698. The van der Waals surface area contributed by atoms with Gasteiger partial charge in [-0.15, -0.1) is 0 Å².